The van der Waals surface area contributed by atoms with Crippen LogP contribution in [0.2, 0.25) is 0 Å². The molecule has 1 fully saturated rings. The molecule has 1 atom stereocenters. The van der Waals surface area contributed by atoms with Crippen LogP contribution in [0.1, 0.15) is 6.42 Å². The zero-order chi connectivity index (χ0) is 14.9. The summed E-state index contributed by atoms with van der Waals surface area (Å²) in [7, 11) is 2.44. The molecule has 1 aliphatic rings. The van der Waals surface area contributed by atoms with E-state index in [0.717, 1.165) is 11.0 Å². The molecule has 0 spiro atoms. The molecule has 1 unspecified atom stereocenters. The Balaban J connectivity index is 2.37. The number of anilines is 1. The summed E-state index contributed by atoms with van der Waals surface area (Å²) < 4.78 is 36.4. The Bertz CT molecular complexity index is 562. The first-order chi connectivity index (χ1) is 9.47. The van der Waals surface area contributed by atoms with Gasteiger partial charge in [0.2, 0.25) is 5.91 Å². The predicted molar refractivity (Wildman–Crippen MR) is 65.4 cm³/mol. The van der Waals surface area contributed by atoms with Crippen LogP contribution in [0, 0.1) is 17.6 Å². The van der Waals surface area contributed by atoms with Gasteiger partial charge in [-0.1, -0.05) is 0 Å². The average Bonchev–Trinajstić information content (AvgIpc) is 2.79. The van der Waals surface area contributed by atoms with Gasteiger partial charge in [-0.2, -0.15) is 0 Å². The lowest BCUT2D eigenvalue weighted by Crippen LogP contribution is -2.27. The predicted octanol–water partition coefficient (Wildman–Crippen LogP) is 1.50. The number of nitrogens with zero attached hydrogens (tertiary/aromatic N) is 1. The van der Waals surface area contributed by atoms with E-state index in [4.69, 9.17) is 4.74 Å². The van der Waals surface area contributed by atoms with Crippen LogP contribution in [0.4, 0.5) is 14.5 Å². The number of hydrogen-bond acceptors (Lipinski definition) is 4. The largest absolute Gasteiger partial charge is 0.492 e. The summed E-state index contributed by atoms with van der Waals surface area (Å²) >= 11 is 0. The van der Waals surface area contributed by atoms with Crippen molar-refractivity contribution in [3.63, 3.8) is 0 Å². The van der Waals surface area contributed by atoms with E-state index < -0.39 is 29.4 Å². The van der Waals surface area contributed by atoms with Gasteiger partial charge in [-0.05, 0) is 0 Å². The van der Waals surface area contributed by atoms with E-state index in [1.54, 1.807) is 0 Å². The highest BCUT2D eigenvalue weighted by molar-refractivity contribution is 6.00. The molecule has 1 heterocycles. The lowest BCUT2D eigenvalue weighted by Gasteiger charge is -2.19. The van der Waals surface area contributed by atoms with Gasteiger partial charge >= 0.3 is 5.97 Å². The van der Waals surface area contributed by atoms with E-state index in [2.05, 4.69) is 4.74 Å². The standard InChI is InChI=1S/C13H13F2NO4/c1-19-12-9(15)4-8(14)5-10(12)16-6-7(3-11(16)17)13(18)20-2/h4-5,7H,3,6H2,1-2H3. The van der Waals surface area contributed by atoms with E-state index >= 15 is 0 Å². The average molecular weight is 285 g/mol. The molecular formula is C13H13F2NO4. The van der Waals surface area contributed by atoms with Crippen molar-refractivity contribution in [3.8, 4) is 5.75 Å². The summed E-state index contributed by atoms with van der Waals surface area (Å²) in [5.41, 5.74) is -0.0265. The molecule has 7 heteroatoms. The fraction of sp³-hybridized carbons (Fsp3) is 0.385. The molecule has 0 bridgehead atoms. The molecule has 5 nitrogen and oxygen atoms in total. The Labute approximate surface area is 114 Å². The molecular weight excluding hydrogens is 272 g/mol. The molecule has 1 aromatic rings. The number of rotatable bonds is 3. The van der Waals surface area contributed by atoms with Crippen molar-refractivity contribution >= 4 is 17.6 Å². The number of benzene rings is 1. The molecule has 0 N–H and O–H groups in total. The number of carbonyl (C=O) groups is 2. The number of halogens is 2. The van der Waals surface area contributed by atoms with Gasteiger partial charge < -0.3 is 14.4 Å². The van der Waals surface area contributed by atoms with Crippen LogP contribution >= 0.6 is 0 Å². The minimum absolute atomic E-state index is 0.00472. The van der Waals surface area contributed by atoms with Crippen molar-refractivity contribution in [2.24, 2.45) is 5.92 Å². The Morgan fingerprint density at radius 3 is 2.65 bits per heavy atom. The fourth-order valence-electron chi connectivity index (χ4n) is 2.21. The lowest BCUT2D eigenvalue weighted by molar-refractivity contribution is -0.145. The van der Waals surface area contributed by atoms with Crippen molar-refractivity contribution in [1.82, 2.24) is 0 Å². The van der Waals surface area contributed by atoms with Crippen molar-refractivity contribution < 1.29 is 27.8 Å². The Kier molecular flexibility index (Phi) is 3.87. The first-order valence-corrected chi connectivity index (χ1v) is 5.89. The van der Waals surface area contributed by atoms with Crippen molar-refractivity contribution in [3.05, 3.63) is 23.8 Å². The Hall–Kier alpha value is -2.18. The van der Waals surface area contributed by atoms with Crippen LogP contribution in [0.15, 0.2) is 12.1 Å². The van der Waals surface area contributed by atoms with Crippen LogP contribution in [0.5, 0.6) is 5.75 Å². The molecule has 1 saturated heterocycles. The maximum Gasteiger partial charge on any atom is 0.311 e. The first kappa shape index (κ1) is 14.2. The third-order valence-electron chi connectivity index (χ3n) is 3.14. The first-order valence-electron chi connectivity index (χ1n) is 5.89. The van der Waals surface area contributed by atoms with Crippen molar-refractivity contribution in [1.29, 1.82) is 0 Å². The minimum Gasteiger partial charge on any atom is -0.492 e. The Morgan fingerprint density at radius 2 is 2.05 bits per heavy atom. The maximum absolute atomic E-state index is 13.6. The molecule has 0 saturated carbocycles. The van der Waals surface area contributed by atoms with E-state index in [1.165, 1.54) is 14.2 Å². The zero-order valence-electron chi connectivity index (χ0n) is 11.0. The minimum atomic E-state index is -0.906. The summed E-state index contributed by atoms with van der Waals surface area (Å²) in [6.07, 6.45) is -0.0615. The summed E-state index contributed by atoms with van der Waals surface area (Å²) in [5, 5.41) is 0. The highest BCUT2D eigenvalue weighted by atomic mass is 19.1. The van der Waals surface area contributed by atoms with Crippen molar-refractivity contribution in [2.75, 3.05) is 25.7 Å². The molecule has 1 aromatic carbocycles. The molecule has 1 amide bonds. The number of esters is 1. The van der Waals surface area contributed by atoms with Gasteiger partial charge in [0, 0.05) is 25.1 Å². The zero-order valence-corrected chi connectivity index (χ0v) is 11.0. The normalized spacial score (nSPS) is 18.3. The van der Waals surface area contributed by atoms with Crippen LogP contribution in [0.3, 0.4) is 0 Å². The van der Waals surface area contributed by atoms with Gasteiger partial charge in [0.05, 0.1) is 25.8 Å². The molecule has 0 aliphatic carbocycles. The van der Waals surface area contributed by atoms with Gasteiger partial charge in [-0.15, -0.1) is 0 Å². The molecule has 2 rings (SSSR count). The summed E-state index contributed by atoms with van der Waals surface area (Å²) in [4.78, 5) is 24.5. The highest BCUT2D eigenvalue weighted by Gasteiger charge is 2.37. The summed E-state index contributed by atoms with van der Waals surface area (Å²) in [6.45, 7) is 0.00472. The number of hydrogen-bond donors (Lipinski definition) is 0. The fourth-order valence-corrected chi connectivity index (χ4v) is 2.21. The highest BCUT2D eigenvalue weighted by Crippen LogP contribution is 2.36. The van der Waals surface area contributed by atoms with Crippen LogP contribution in [0.25, 0.3) is 0 Å². The number of methoxy groups -OCH3 is 2. The van der Waals surface area contributed by atoms with E-state index in [0.29, 0.717) is 6.07 Å². The third kappa shape index (κ3) is 2.43. The number of ether oxygens (including phenoxy) is 2. The van der Waals surface area contributed by atoms with Gasteiger partial charge in [0.15, 0.2) is 11.6 Å². The topological polar surface area (TPSA) is 55.8 Å². The van der Waals surface area contributed by atoms with Gasteiger partial charge in [-0.3, -0.25) is 9.59 Å². The quantitative estimate of drug-likeness (QED) is 0.790. The van der Waals surface area contributed by atoms with Crippen LogP contribution in [-0.4, -0.2) is 32.6 Å². The van der Waals surface area contributed by atoms with E-state index in [9.17, 15) is 18.4 Å². The number of carbonyl (C=O) groups excluding carboxylic acids is 2. The number of amides is 1. The third-order valence-corrected chi connectivity index (χ3v) is 3.14. The molecule has 0 radical (unpaired) electrons. The van der Waals surface area contributed by atoms with Crippen LogP contribution < -0.4 is 9.64 Å². The maximum atomic E-state index is 13.6. The smallest absolute Gasteiger partial charge is 0.311 e. The second kappa shape index (κ2) is 5.44. The lowest BCUT2D eigenvalue weighted by atomic mass is 10.1. The monoisotopic (exact) mass is 285 g/mol. The Morgan fingerprint density at radius 1 is 1.35 bits per heavy atom. The molecule has 1 aliphatic heterocycles. The summed E-state index contributed by atoms with van der Waals surface area (Å²) in [5.74, 6) is -3.56. The van der Waals surface area contributed by atoms with Gasteiger partial charge in [0.1, 0.15) is 5.82 Å². The second-order valence-corrected chi connectivity index (χ2v) is 4.37. The van der Waals surface area contributed by atoms with E-state index in [1.807, 2.05) is 0 Å². The SMILES string of the molecule is COC(=O)C1CC(=O)N(c2cc(F)cc(F)c2OC)C1. The van der Waals surface area contributed by atoms with Crippen LogP contribution in [-0.2, 0) is 14.3 Å². The molecule has 108 valence electrons. The van der Waals surface area contributed by atoms with Gasteiger partial charge in [0.25, 0.3) is 0 Å². The molecule has 0 aromatic heterocycles. The summed E-state index contributed by atoms with van der Waals surface area (Å²) in [6, 6.07) is 1.67. The van der Waals surface area contributed by atoms with Gasteiger partial charge in [-0.25, -0.2) is 8.78 Å². The van der Waals surface area contributed by atoms with Crippen molar-refractivity contribution in [2.45, 2.75) is 6.42 Å². The second-order valence-electron chi connectivity index (χ2n) is 4.37. The molecule has 20 heavy (non-hydrogen) atoms. The van der Waals surface area contributed by atoms with E-state index in [-0.39, 0.29) is 24.4 Å².